The molecular weight excluding hydrogens is 391 g/mol. The quantitative estimate of drug-likeness (QED) is 0.820. The monoisotopic (exact) mass is 404 g/mol. The van der Waals surface area contributed by atoms with Gasteiger partial charge >= 0.3 is 0 Å². The van der Waals surface area contributed by atoms with Crippen LogP contribution < -0.4 is 16.1 Å². The summed E-state index contributed by atoms with van der Waals surface area (Å²) >= 11 is 3.15. The lowest BCUT2D eigenvalue weighted by molar-refractivity contribution is -0.119. The van der Waals surface area contributed by atoms with Gasteiger partial charge in [-0.2, -0.15) is 5.10 Å². The Bertz CT molecular complexity index is 857. The first kappa shape index (κ1) is 17.1. The lowest BCUT2D eigenvalue weighted by Crippen LogP contribution is -2.39. The zero-order chi connectivity index (χ0) is 18.0. The first-order valence-electron chi connectivity index (χ1n) is 7.43. The zero-order valence-corrected chi connectivity index (χ0v) is 14.5. The van der Waals surface area contributed by atoms with Gasteiger partial charge in [0.05, 0.1) is 11.4 Å². The van der Waals surface area contributed by atoms with Gasteiger partial charge in [0.1, 0.15) is 17.6 Å². The first-order valence-corrected chi connectivity index (χ1v) is 8.22. The van der Waals surface area contributed by atoms with Gasteiger partial charge < -0.3 is 11.1 Å². The summed E-state index contributed by atoms with van der Waals surface area (Å²) in [5.74, 6) is -1.75. The number of primary amides is 1. The molecule has 1 atom stereocenters. The Morgan fingerprint density at radius 3 is 2.60 bits per heavy atom. The molecule has 2 aromatic rings. The second kappa shape index (κ2) is 7.02. The Kier molecular flexibility index (Phi) is 4.80. The molecule has 0 bridgehead atoms. The van der Waals surface area contributed by atoms with Gasteiger partial charge in [-0.3, -0.25) is 14.6 Å². The fourth-order valence-electron chi connectivity index (χ4n) is 2.47. The minimum Gasteiger partial charge on any atom is -0.368 e. The highest BCUT2D eigenvalue weighted by Gasteiger charge is 2.35. The van der Waals surface area contributed by atoms with Crippen molar-refractivity contribution in [3.63, 3.8) is 0 Å². The minimum absolute atomic E-state index is 0.0321. The summed E-state index contributed by atoms with van der Waals surface area (Å²) < 4.78 is 14.4. The molecule has 1 aliphatic heterocycles. The van der Waals surface area contributed by atoms with E-state index in [2.05, 4.69) is 26.3 Å². The van der Waals surface area contributed by atoms with Crippen molar-refractivity contribution in [2.45, 2.75) is 12.5 Å². The van der Waals surface area contributed by atoms with Crippen LogP contribution in [0, 0.1) is 5.82 Å². The Morgan fingerprint density at radius 1 is 1.24 bits per heavy atom. The third-order valence-corrected chi connectivity index (χ3v) is 4.19. The number of hydrazone groups is 1. The number of nitrogens with one attached hydrogen (secondary N) is 1. The molecule has 3 N–H and O–H groups in total. The largest absolute Gasteiger partial charge is 0.368 e. The van der Waals surface area contributed by atoms with Gasteiger partial charge in [0.15, 0.2) is 0 Å². The van der Waals surface area contributed by atoms with Crippen molar-refractivity contribution in [1.29, 1.82) is 0 Å². The summed E-state index contributed by atoms with van der Waals surface area (Å²) in [5.41, 5.74) is 6.21. The SMILES string of the molecule is NC(=O)C1CC(C(=O)Nc2ccc(Br)cc2F)=NN1c1ccccc1. The Labute approximate surface area is 151 Å². The van der Waals surface area contributed by atoms with E-state index >= 15 is 0 Å². The van der Waals surface area contributed by atoms with E-state index in [9.17, 15) is 14.0 Å². The lowest BCUT2D eigenvalue weighted by Gasteiger charge is -2.20. The van der Waals surface area contributed by atoms with Crippen molar-refractivity contribution in [2.24, 2.45) is 10.8 Å². The molecule has 128 valence electrons. The predicted octanol–water partition coefficient (Wildman–Crippen LogP) is 2.65. The summed E-state index contributed by atoms with van der Waals surface area (Å²) in [6, 6.07) is 12.4. The molecule has 2 aromatic carbocycles. The molecule has 3 rings (SSSR count). The summed E-state index contributed by atoms with van der Waals surface area (Å²) in [6.45, 7) is 0. The predicted molar refractivity (Wildman–Crippen MR) is 96.7 cm³/mol. The van der Waals surface area contributed by atoms with Crippen LogP contribution in [0.3, 0.4) is 0 Å². The maximum atomic E-state index is 13.9. The van der Waals surface area contributed by atoms with Gasteiger partial charge in [-0.05, 0) is 30.3 Å². The molecule has 0 spiro atoms. The second-order valence-corrected chi connectivity index (χ2v) is 6.34. The van der Waals surface area contributed by atoms with Crippen LogP contribution in [0.15, 0.2) is 58.1 Å². The Morgan fingerprint density at radius 2 is 1.96 bits per heavy atom. The molecule has 0 aromatic heterocycles. The van der Waals surface area contributed by atoms with E-state index in [1.807, 2.05) is 6.07 Å². The van der Waals surface area contributed by atoms with Crippen LogP contribution in [-0.2, 0) is 9.59 Å². The third kappa shape index (κ3) is 3.69. The van der Waals surface area contributed by atoms with Crippen LogP contribution in [0.1, 0.15) is 6.42 Å². The molecule has 0 radical (unpaired) electrons. The molecule has 2 amide bonds. The third-order valence-electron chi connectivity index (χ3n) is 3.70. The van der Waals surface area contributed by atoms with E-state index in [1.54, 1.807) is 30.3 Å². The zero-order valence-electron chi connectivity index (χ0n) is 12.9. The van der Waals surface area contributed by atoms with E-state index in [4.69, 9.17) is 5.73 Å². The van der Waals surface area contributed by atoms with Crippen molar-refractivity contribution in [1.82, 2.24) is 0 Å². The molecule has 1 unspecified atom stereocenters. The summed E-state index contributed by atoms with van der Waals surface area (Å²) in [6.07, 6.45) is 0.0498. The molecular formula is C17H14BrFN4O2. The van der Waals surface area contributed by atoms with Gasteiger partial charge in [0.2, 0.25) is 5.91 Å². The van der Waals surface area contributed by atoms with Gasteiger partial charge in [-0.1, -0.05) is 34.1 Å². The van der Waals surface area contributed by atoms with Crippen LogP contribution >= 0.6 is 15.9 Å². The number of halogens is 2. The maximum Gasteiger partial charge on any atom is 0.272 e. The van der Waals surface area contributed by atoms with Crippen molar-refractivity contribution in [3.8, 4) is 0 Å². The maximum absolute atomic E-state index is 13.9. The topological polar surface area (TPSA) is 87.8 Å². The van der Waals surface area contributed by atoms with E-state index in [0.29, 0.717) is 10.2 Å². The molecule has 1 aliphatic rings. The second-order valence-electron chi connectivity index (χ2n) is 5.43. The molecule has 0 aliphatic carbocycles. The molecule has 0 saturated heterocycles. The van der Waals surface area contributed by atoms with Crippen molar-refractivity contribution in [2.75, 3.05) is 10.3 Å². The van der Waals surface area contributed by atoms with Gasteiger partial charge in [-0.15, -0.1) is 0 Å². The van der Waals surface area contributed by atoms with Crippen LogP contribution in [-0.4, -0.2) is 23.6 Å². The molecule has 1 heterocycles. The summed E-state index contributed by atoms with van der Waals surface area (Å²) in [4.78, 5) is 24.1. The number of para-hydroxylation sites is 1. The van der Waals surface area contributed by atoms with Crippen molar-refractivity contribution < 1.29 is 14.0 Å². The first-order chi connectivity index (χ1) is 12.0. The number of nitrogens with zero attached hydrogens (tertiary/aromatic N) is 2. The molecule has 6 nitrogen and oxygen atoms in total. The average Bonchev–Trinajstić information content (AvgIpc) is 3.04. The van der Waals surface area contributed by atoms with Crippen molar-refractivity contribution in [3.05, 3.63) is 58.8 Å². The molecule has 8 heteroatoms. The van der Waals surface area contributed by atoms with E-state index in [1.165, 1.54) is 17.1 Å². The van der Waals surface area contributed by atoms with E-state index < -0.39 is 23.7 Å². The van der Waals surface area contributed by atoms with Gasteiger partial charge in [-0.25, -0.2) is 4.39 Å². The van der Waals surface area contributed by atoms with Gasteiger partial charge in [0, 0.05) is 10.9 Å². The standard InChI is InChI=1S/C17H14BrFN4O2/c18-10-6-7-13(12(19)8-10)21-17(25)14-9-15(16(20)24)23(22-14)11-4-2-1-3-5-11/h1-8,15H,9H2,(H2,20,24)(H,21,25). The number of anilines is 2. The number of benzene rings is 2. The van der Waals surface area contributed by atoms with Crippen LogP contribution in [0.2, 0.25) is 0 Å². The molecule has 0 saturated carbocycles. The highest BCUT2D eigenvalue weighted by molar-refractivity contribution is 9.10. The Hall–Kier alpha value is -2.74. The van der Waals surface area contributed by atoms with Crippen LogP contribution in [0.5, 0.6) is 0 Å². The fraction of sp³-hybridized carbons (Fsp3) is 0.118. The number of amides is 2. The number of hydrogen-bond donors (Lipinski definition) is 2. The number of carbonyl (C=O) groups excluding carboxylic acids is 2. The number of carbonyl (C=O) groups is 2. The number of hydrogen-bond acceptors (Lipinski definition) is 4. The van der Waals surface area contributed by atoms with Gasteiger partial charge in [0.25, 0.3) is 5.91 Å². The summed E-state index contributed by atoms with van der Waals surface area (Å²) in [7, 11) is 0. The van der Waals surface area contributed by atoms with Crippen LogP contribution in [0.4, 0.5) is 15.8 Å². The average molecular weight is 405 g/mol. The smallest absolute Gasteiger partial charge is 0.272 e. The lowest BCUT2D eigenvalue weighted by atomic mass is 10.1. The van der Waals surface area contributed by atoms with Crippen LogP contribution in [0.25, 0.3) is 0 Å². The fourth-order valence-corrected chi connectivity index (χ4v) is 2.81. The number of rotatable bonds is 4. The normalized spacial score (nSPS) is 16.5. The van der Waals surface area contributed by atoms with E-state index in [-0.39, 0.29) is 17.8 Å². The van der Waals surface area contributed by atoms with E-state index in [0.717, 1.165) is 0 Å². The Balaban J connectivity index is 1.84. The summed E-state index contributed by atoms with van der Waals surface area (Å²) in [5, 5.41) is 8.09. The highest BCUT2D eigenvalue weighted by Crippen LogP contribution is 2.25. The van der Waals surface area contributed by atoms with Crippen molar-refractivity contribution >= 4 is 44.8 Å². The highest BCUT2D eigenvalue weighted by atomic mass is 79.9. The molecule has 25 heavy (non-hydrogen) atoms. The minimum atomic E-state index is -0.766. The molecule has 0 fully saturated rings. The number of nitrogens with two attached hydrogens (primary N) is 1.